The molecule has 0 spiro atoms. The fraction of sp³-hybridized carbons (Fsp3) is 0.250. The lowest BCUT2D eigenvalue weighted by Crippen LogP contribution is -2.28. The van der Waals surface area contributed by atoms with Crippen LogP contribution in [0.3, 0.4) is 0 Å². The monoisotopic (exact) mass is 517 g/mol. The molecular weight excluding hydrogens is 490 g/mol. The summed E-state index contributed by atoms with van der Waals surface area (Å²) < 4.78 is 17.9. The van der Waals surface area contributed by atoms with Gasteiger partial charge in [0.25, 0.3) is 5.56 Å². The van der Waals surface area contributed by atoms with E-state index in [4.69, 9.17) is 19.2 Å². The van der Waals surface area contributed by atoms with Gasteiger partial charge in [-0.15, -0.1) is 0 Å². The van der Waals surface area contributed by atoms with E-state index in [1.807, 2.05) is 55.5 Å². The number of benzene rings is 3. The van der Waals surface area contributed by atoms with Gasteiger partial charge >= 0.3 is 0 Å². The summed E-state index contributed by atoms with van der Waals surface area (Å²) in [6.45, 7) is 2.47. The molecule has 1 N–H and O–H groups in total. The molecular formula is C28H27N3O5S. The van der Waals surface area contributed by atoms with Crippen LogP contribution in [0, 0.1) is 0 Å². The van der Waals surface area contributed by atoms with E-state index in [1.54, 1.807) is 29.9 Å². The van der Waals surface area contributed by atoms with Gasteiger partial charge in [0.05, 0.1) is 23.3 Å². The Labute approximate surface area is 218 Å². The van der Waals surface area contributed by atoms with E-state index in [2.05, 4.69) is 5.32 Å². The molecule has 37 heavy (non-hydrogen) atoms. The van der Waals surface area contributed by atoms with Crippen molar-refractivity contribution in [3.8, 4) is 17.2 Å². The number of aromatic nitrogens is 2. The molecule has 9 heteroatoms. The van der Waals surface area contributed by atoms with Crippen LogP contribution in [0.5, 0.6) is 17.2 Å². The van der Waals surface area contributed by atoms with Crippen LogP contribution >= 0.6 is 11.8 Å². The number of thioether (sulfide) groups is 1. The van der Waals surface area contributed by atoms with Crippen molar-refractivity contribution in [1.82, 2.24) is 9.55 Å². The zero-order valence-electron chi connectivity index (χ0n) is 20.6. The summed E-state index contributed by atoms with van der Waals surface area (Å²) in [5.41, 5.74) is 2.09. The van der Waals surface area contributed by atoms with Crippen molar-refractivity contribution in [3.05, 3.63) is 82.6 Å². The molecule has 0 aliphatic carbocycles. The van der Waals surface area contributed by atoms with E-state index >= 15 is 0 Å². The number of rotatable bonds is 9. The Kier molecular flexibility index (Phi) is 7.32. The third-order valence-electron chi connectivity index (χ3n) is 6.13. The highest BCUT2D eigenvalue weighted by Gasteiger charge is 2.24. The minimum absolute atomic E-state index is 0.109. The number of carbonyl (C=O) groups is 1. The summed E-state index contributed by atoms with van der Waals surface area (Å²) in [5.74, 6) is 1.57. The molecule has 0 saturated carbocycles. The molecule has 3 aromatic carbocycles. The van der Waals surface area contributed by atoms with E-state index in [0.29, 0.717) is 58.4 Å². The minimum Gasteiger partial charge on any atom is -0.497 e. The molecule has 0 saturated heterocycles. The quantitative estimate of drug-likeness (QED) is 0.250. The highest BCUT2D eigenvalue weighted by molar-refractivity contribution is 8.00. The van der Waals surface area contributed by atoms with Crippen LogP contribution in [0.15, 0.2) is 76.7 Å². The second-order valence-corrected chi connectivity index (χ2v) is 9.72. The van der Waals surface area contributed by atoms with Gasteiger partial charge in [-0.3, -0.25) is 14.2 Å². The molecule has 0 unspecified atom stereocenters. The van der Waals surface area contributed by atoms with Crippen LogP contribution in [0.1, 0.15) is 18.9 Å². The molecule has 1 aliphatic heterocycles. The zero-order valence-corrected chi connectivity index (χ0v) is 21.4. The minimum atomic E-state index is -0.465. The molecule has 4 aromatic rings. The van der Waals surface area contributed by atoms with Gasteiger partial charge in [-0.25, -0.2) is 4.98 Å². The lowest BCUT2D eigenvalue weighted by molar-refractivity contribution is -0.115. The van der Waals surface area contributed by atoms with Gasteiger partial charge in [0.15, 0.2) is 16.7 Å². The van der Waals surface area contributed by atoms with Gasteiger partial charge in [-0.2, -0.15) is 0 Å². The van der Waals surface area contributed by atoms with Gasteiger partial charge in [0, 0.05) is 24.4 Å². The van der Waals surface area contributed by atoms with Crippen LogP contribution < -0.4 is 25.1 Å². The molecule has 2 heterocycles. The second-order valence-electron chi connectivity index (χ2n) is 8.55. The van der Waals surface area contributed by atoms with Crippen LogP contribution in [-0.2, 0) is 17.8 Å². The number of anilines is 1. The van der Waals surface area contributed by atoms with Crippen LogP contribution in [-0.4, -0.2) is 34.6 Å². The molecule has 1 amide bonds. The SMILES string of the molecule is CC[C@H](Sc1nc2cc3c(cc2c(=O)n1CCc1ccccc1)OCO3)C(=O)Nc1cccc(OC)c1. The van der Waals surface area contributed by atoms with E-state index < -0.39 is 5.25 Å². The predicted molar refractivity (Wildman–Crippen MR) is 144 cm³/mol. The number of ether oxygens (including phenoxy) is 3. The summed E-state index contributed by atoms with van der Waals surface area (Å²) in [5, 5.41) is 3.43. The Morgan fingerprint density at radius 3 is 2.65 bits per heavy atom. The molecule has 1 atom stereocenters. The Bertz CT molecular complexity index is 1490. The average molecular weight is 518 g/mol. The summed E-state index contributed by atoms with van der Waals surface area (Å²) in [4.78, 5) is 31.7. The highest BCUT2D eigenvalue weighted by atomic mass is 32.2. The number of methoxy groups -OCH3 is 1. The molecule has 1 aromatic heterocycles. The summed E-state index contributed by atoms with van der Waals surface area (Å²) in [7, 11) is 1.58. The number of amides is 1. The molecule has 1 aliphatic rings. The van der Waals surface area contributed by atoms with Gasteiger partial charge in [0.1, 0.15) is 5.75 Å². The number of hydrogen-bond donors (Lipinski definition) is 1. The Hall–Kier alpha value is -3.98. The van der Waals surface area contributed by atoms with E-state index in [-0.39, 0.29) is 18.3 Å². The molecule has 190 valence electrons. The van der Waals surface area contributed by atoms with Crippen molar-refractivity contribution in [3.63, 3.8) is 0 Å². The standard InChI is InChI=1S/C28H27N3O5S/c1-3-25(26(32)29-19-10-7-11-20(14-19)34-2)37-28-30-22-16-24-23(35-17-36-24)15-21(22)27(33)31(28)13-12-18-8-5-4-6-9-18/h4-11,14-16,25H,3,12-13,17H2,1-2H3,(H,29,32)/t25-/m0/s1. The summed E-state index contributed by atoms with van der Waals surface area (Å²) in [6.07, 6.45) is 1.20. The Balaban J connectivity index is 1.48. The molecule has 5 rings (SSSR count). The largest absolute Gasteiger partial charge is 0.497 e. The Morgan fingerprint density at radius 2 is 1.89 bits per heavy atom. The fourth-order valence-corrected chi connectivity index (χ4v) is 5.18. The number of nitrogens with one attached hydrogen (secondary N) is 1. The number of fused-ring (bicyclic) bond motifs is 2. The van der Waals surface area contributed by atoms with Gasteiger partial charge < -0.3 is 19.5 Å². The first-order chi connectivity index (χ1) is 18.1. The number of nitrogens with zero attached hydrogens (tertiary/aromatic N) is 2. The maximum absolute atomic E-state index is 13.7. The van der Waals surface area contributed by atoms with Crippen LogP contribution in [0.2, 0.25) is 0 Å². The van der Waals surface area contributed by atoms with Crippen molar-refractivity contribution >= 4 is 34.3 Å². The van der Waals surface area contributed by atoms with Crippen molar-refractivity contribution in [2.24, 2.45) is 0 Å². The Morgan fingerprint density at radius 1 is 1.11 bits per heavy atom. The average Bonchev–Trinajstić information content (AvgIpc) is 3.38. The molecule has 0 radical (unpaired) electrons. The van der Waals surface area contributed by atoms with Crippen molar-refractivity contribution < 1.29 is 19.0 Å². The predicted octanol–water partition coefficient (Wildman–Crippen LogP) is 4.89. The maximum atomic E-state index is 13.7. The van der Waals surface area contributed by atoms with Crippen molar-refractivity contribution in [2.45, 2.75) is 36.7 Å². The summed E-state index contributed by atoms with van der Waals surface area (Å²) in [6, 6.07) is 20.6. The number of aryl methyl sites for hydroxylation is 1. The first-order valence-electron chi connectivity index (χ1n) is 12.1. The van der Waals surface area contributed by atoms with Crippen LogP contribution in [0.4, 0.5) is 5.69 Å². The fourth-order valence-electron chi connectivity index (χ4n) is 4.14. The zero-order chi connectivity index (χ0) is 25.8. The second kappa shape index (κ2) is 11.0. The van der Waals surface area contributed by atoms with Gasteiger partial charge in [-0.1, -0.05) is 55.1 Å². The smallest absolute Gasteiger partial charge is 0.262 e. The molecule has 0 bridgehead atoms. The third-order valence-corrected chi connectivity index (χ3v) is 7.48. The molecule has 0 fully saturated rings. The summed E-state index contributed by atoms with van der Waals surface area (Å²) >= 11 is 1.29. The molecule has 8 nitrogen and oxygen atoms in total. The van der Waals surface area contributed by atoms with E-state index in [0.717, 1.165) is 5.56 Å². The normalized spacial score (nSPS) is 12.9. The topological polar surface area (TPSA) is 91.7 Å². The first-order valence-corrected chi connectivity index (χ1v) is 12.9. The number of carbonyl (C=O) groups excluding carboxylic acids is 1. The maximum Gasteiger partial charge on any atom is 0.262 e. The van der Waals surface area contributed by atoms with E-state index in [9.17, 15) is 9.59 Å². The van der Waals surface area contributed by atoms with Crippen LogP contribution in [0.25, 0.3) is 10.9 Å². The highest BCUT2D eigenvalue weighted by Crippen LogP contribution is 2.35. The number of hydrogen-bond acceptors (Lipinski definition) is 7. The van der Waals surface area contributed by atoms with E-state index in [1.165, 1.54) is 11.8 Å². The lowest BCUT2D eigenvalue weighted by Gasteiger charge is -2.18. The van der Waals surface area contributed by atoms with Gasteiger partial charge in [0.2, 0.25) is 12.7 Å². The van der Waals surface area contributed by atoms with Crippen molar-refractivity contribution in [1.29, 1.82) is 0 Å². The lowest BCUT2D eigenvalue weighted by atomic mass is 10.1. The first kappa shape index (κ1) is 24.7. The van der Waals surface area contributed by atoms with Gasteiger partial charge in [-0.05, 0) is 36.6 Å². The third kappa shape index (κ3) is 5.41. The van der Waals surface area contributed by atoms with Crippen molar-refractivity contribution in [2.75, 3.05) is 19.2 Å².